The smallest absolute Gasteiger partial charge is 0.216 e. The molecule has 0 atom stereocenters. The highest BCUT2D eigenvalue weighted by molar-refractivity contribution is 7.88. The molecule has 0 aliphatic carbocycles. The summed E-state index contributed by atoms with van der Waals surface area (Å²) in [6.07, 6.45) is 2.24. The van der Waals surface area contributed by atoms with Crippen molar-refractivity contribution >= 4 is 26.3 Å². The Hall–Kier alpha value is -1.77. The Morgan fingerprint density at radius 3 is 2.95 bits per heavy atom. The lowest BCUT2D eigenvalue weighted by Crippen LogP contribution is -2.27. The van der Waals surface area contributed by atoms with Crippen molar-refractivity contribution in [1.29, 1.82) is 0 Å². The Bertz CT molecular complexity index is 883. The van der Waals surface area contributed by atoms with Crippen LogP contribution in [-0.2, 0) is 22.2 Å². The second-order valence-corrected chi connectivity index (χ2v) is 7.68. The summed E-state index contributed by atoms with van der Waals surface area (Å²) in [6.45, 7) is 2.28. The quantitative estimate of drug-likeness (QED) is 0.744. The van der Waals surface area contributed by atoms with Gasteiger partial charge in [0.05, 0.1) is 5.75 Å². The minimum atomic E-state index is -3.34. The fourth-order valence-corrected chi connectivity index (χ4v) is 4.31. The molecule has 0 aliphatic heterocycles. The second kappa shape index (κ2) is 6.15. The number of thiazole rings is 1. The summed E-state index contributed by atoms with van der Waals surface area (Å²) in [5.41, 5.74) is 2.81. The van der Waals surface area contributed by atoms with Gasteiger partial charge in [-0.25, -0.2) is 13.1 Å². The first-order chi connectivity index (χ1) is 10.6. The first-order valence-corrected chi connectivity index (χ1v) is 9.36. The lowest BCUT2D eigenvalue weighted by molar-refractivity contribution is 0.580. The molecule has 0 aliphatic rings. The highest BCUT2D eigenvalue weighted by Gasteiger charge is 2.13. The third kappa shape index (κ3) is 3.34. The van der Waals surface area contributed by atoms with Crippen molar-refractivity contribution in [1.82, 2.24) is 19.3 Å². The van der Waals surface area contributed by atoms with Gasteiger partial charge in [-0.2, -0.15) is 0 Å². The van der Waals surface area contributed by atoms with Crippen molar-refractivity contribution in [2.45, 2.75) is 19.1 Å². The molecule has 22 heavy (non-hydrogen) atoms. The zero-order chi connectivity index (χ0) is 15.6. The topological polar surface area (TPSA) is 76.4 Å². The molecule has 116 valence electrons. The van der Waals surface area contributed by atoms with Crippen LogP contribution in [0.2, 0.25) is 0 Å². The molecule has 1 aromatic carbocycles. The van der Waals surface area contributed by atoms with Crippen LogP contribution < -0.4 is 4.72 Å². The van der Waals surface area contributed by atoms with E-state index in [4.69, 9.17) is 0 Å². The molecule has 0 spiro atoms. The largest absolute Gasteiger partial charge is 0.276 e. The molecular formula is C14H16N4O2S2. The average Bonchev–Trinajstić information content (AvgIpc) is 3.06. The van der Waals surface area contributed by atoms with Crippen LogP contribution in [0.3, 0.4) is 0 Å². The van der Waals surface area contributed by atoms with Gasteiger partial charge in [0.2, 0.25) is 15.0 Å². The molecule has 2 heterocycles. The summed E-state index contributed by atoms with van der Waals surface area (Å²) >= 11 is 1.50. The molecule has 0 radical (unpaired) electrons. The van der Waals surface area contributed by atoms with Crippen LogP contribution in [-0.4, -0.2) is 29.6 Å². The molecule has 0 bridgehead atoms. The van der Waals surface area contributed by atoms with Crippen LogP contribution >= 0.6 is 11.3 Å². The Labute approximate surface area is 132 Å². The van der Waals surface area contributed by atoms with Gasteiger partial charge < -0.3 is 0 Å². The highest BCUT2D eigenvalue weighted by Crippen LogP contribution is 2.14. The monoisotopic (exact) mass is 336 g/mol. The highest BCUT2D eigenvalue weighted by atomic mass is 32.2. The molecule has 8 heteroatoms. The number of rotatable bonds is 6. The summed E-state index contributed by atoms with van der Waals surface area (Å²) in [5.74, 6) is 0.00531. The fourth-order valence-electron chi connectivity index (χ4n) is 2.22. The van der Waals surface area contributed by atoms with Crippen molar-refractivity contribution < 1.29 is 8.42 Å². The molecule has 0 amide bonds. The van der Waals surface area contributed by atoms with Crippen molar-refractivity contribution in [3.8, 4) is 0 Å². The zero-order valence-electron chi connectivity index (χ0n) is 12.1. The Morgan fingerprint density at radius 1 is 1.32 bits per heavy atom. The van der Waals surface area contributed by atoms with E-state index >= 15 is 0 Å². The van der Waals surface area contributed by atoms with Crippen LogP contribution in [0.4, 0.5) is 0 Å². The summed E-state index contributed by atoms with van der Waals surface area (Å²) in [7, 11) is -3.34. The number of sulfonamides is 1. The number of nitrogens with zero attached hydrogens (tertiary/aromatic N) is 3. The van der Waals surface area contributed by atoms with Crippen molar-refractivity contribution in [2.24, 2.45) is 0 Å². The third-order valence-corrected chi connectivity index (χ3v) is 5.65. The summed E-state index contributed by atoms with van der Waals surface area (Å²) in [4.78, 5) is 0.817. The van der Waals surface area contributed by atoms with Crippen molar-refractivity contribution in [3.63, 3.8) is 0 Å². The standard InChI is InChI=1S/C14H16N4O2S2/c1-11-4-2-3-5-12(11)9-22(19,20)16-7-6-13-8-21-14-17-15-10-18(13)14/h2-5,8,10,16H,6-7,9H2,1H3. The predicted molar refractivity (Wildman–Crippen MR) is 86.4 cm³/mol. The predicted octanol–water partition coefficient (Wildman–Crippen LogP) is 1.76. The van der Waals surface area contributed by atoms with E-state index in [0.29, 0.717) is 13.0 Å². The molecule has 1 N–H and O–H groups in total. The molecule has 0 fully saturated rings. The Kier molecular flexibility index (Phi) is 4.23. The Morgan fingerprint density at radius 2 is 2.14 bits per heavy atom. The average molecular weight is 336 g/mol. The summed E-state index contributed by atoms with van der Waals surface area (Å²) < 4.78 is 28.8. The van der Waals surface area contributed by atoms with Gasteiger partial charge in [-0.1, -0.05) is 24.3 Å². The van der Waals surface area contributed by atoms with E-state index in [9.17, 15) is 8.42 Å². The van der Waals surface area contributed by atoms with E-state index in [0.717, 1.165) is 21.8 Å². The normalized spacial score (nSPS) is 12.0. The van der Waals surface area contributed by atoms with Crippen LogP contribution in [0.1, 0.15) is 16.8 Å². The maximum absolute atomic E-state index is 12.2. The first kappa shape index (κ1) is 15.1. The minimum Gasteiger partial charge on any atom is -0.276 e. The lowest BCUT2D eigenvalue weighted by atomic mass is 10.1. The van der Waals surface area contributed by atoms with Gasteiger partial charge in [0.1, 0.15) is 6.33 Å². The number of fused-ring (bicyclic) bond motifs is 1. The maximum atomic E-state index is 12.2. The van der Waals surface area contributed by atoms with Gasteiger partial charge in [-0.15, -0.1) is 21.5 Å². The van der Waals surface area contributed by atoms with Crippen LogP contribution in [0.25, 0.3) is 4.96 Å². The van der Waals surface area contributed by atoms with Crippen molar-refractivity contribution in [2.75, 3.05) is 6.54 Å². The molecule has 0 saturated heterocycles. The second-order valence-electron chi connectivity index (χ2n) is 5.04. The molecule has 0 saturated carbocycles. The van der Waals surface area contributed by atoms with E-state index in [1.807, 2.05) is 41.0 Å². The van der Waals surface area contributed by atoms with Gasteiger partial charge in [-0.05, 0) is 18.1 Å². The molecule has 0 unspecified atom stereocenters. The molecule has 2 aromatic heterocycles. The summed E-state index contributed by atoms with van der Waals surface area (Å²) in [5, 5.41) is 9.76. The number of hydrogen-bond donors (Lipinski definition) is 1. The first-order valence-electron chi connectivity index (χ1n) is 6.83. The SMILES string of the molecule is Cc1ccccc1CS(=O)(=O)NCCc1csc2nncn12. The van der Waals surface area contributed by atoms with Crippen LogP contribution in [0.5, 0.6) is 0 Å². The maximum Gasteiger partial charge on any atom is 0.216 e. The van der Waals surface area contributed by atoms with Gasteiger partial charge in [0.15, 0.2) is 0 Å². The number of hydrogen-bond acceptors (Lipinski definition) is 5. The molecule has 3 rings (SSSR count). The number of aryl methyl sites for hydroxylation is 1. The van der Waals surface area contributed by atoms with E-state index in [1.165, 1.54) is 11.3 Å². The zero-order valence-corrected chi connectivity index (χ0v) is 13.7. The summed E-state index contributed by atoms with van der Waals surface area (Å²) in [6, 6.07) is 7.51. The number of nitrogens with one attached hydrogen (secondary N) is 1. The van der Waals surface area contributed by atoms with E-state index < -0.39 is 10.0 Å². The van der Waals surface area contributed by atoms with E-state index in [1.54, 1.807) is 6.33 Å². The molecule has 3 aromatic rings. The third-order valence-electron chi connectivity index (χ3n) is 3.44. The van der Waals surface area contributed by atoms with Crippen LogP contribution in [0.15, 0.2) is 36.0 Å². The van der Waals surface area contributed by atoms with Gasteiger partial charge in [0.25, 0.3) is 0 Å². The number of aromatic nitrogens is 3. The van der Waals surface area contributed by atoms with Crippen LogP contribution in [0, 0.1) is 6.92 Å². The lowest BCUT2D eigenvalue weighted by Gasteiger charge is -2.08. The van der Waals surface area contributed by atoms with Gasteiger partial charge in [-0.3, -0.25) is 4.40 Å². The van der Waals surface area contributed by atoms with Gasteiger partial charge in [0, 0.05) is 24.0 Å². The molecule has 6 nitrogen and oxygen atoms in total. The minimum absolute atomic E-state index is 0.00531. The number of benzene rings is 1. The fraction of sp³-hybridized carbons (Fsp3) is 0.286. The molecular weight excluding hydrogens is 320 g/mol. The Balaban J connectivity index is 1.61. The van der Waals surface area contributed by atoms with Gasteiger partial charge >= 0.3 is 0 Å². The van der Waals surface area contributed by atoms with E-state index in [2.05, 4.69) is 14.9 Å². The van der Waals surface area contributed by atoms with E-state index in [-0.39, 0.29) is 5.75 Å². The van der Waals surface area contributed by atoms with Crippen molar-refractivity contribution in [3.05, 3.63) is 52.8 Å².